The lowest BCUT2D eigenvalue weighted by atomic mass is 10.1. The van der Waals surface area contributed by atoms with Gasteiger partial charge in [0.15, 0.2) is 0 Å². The second-order valence-corrected chi connectivity index (χ2v) is 6.16. The number of amides is 1. The number of nitrogens with one attached hydrogen (secondary N) is 1. The zero-order chi connectivity index (χ0) is 16.8. The lowest BCUT2D eigenvalue weighted by Crippen LogP contribution is -2.19. The third-order valence-corrected chi connectivity index (χ3v) is 4.25. The van der Waals surface area contributed by atoms with Crippen molar-refractivity contribution in [2.75, 3.05) is 5.75 Å². The Labute approximate surface area is 144 Å². The fraction of sp³-hybridized carbons (Fsp3) is 0.111. The van der Waals surface area contributed by atoms with E-state index in [1.54, 1.807) is 18.6 Å². The molecule has 3 rings (SSSR count). The number of thioether (sulfide) groups is 1. The molecule has 0 radical (unpaired) electrons. The molecule has 0 aliphatic heterocycles. The molecule has 0 saturated heterocycles. The van der Waals surface area contributed by atoms with Crippen molar-refractivity contribution in [3.05, 3.63) is 66.0 Å². The Balaban J connectivity index is 1.57. The van der Waals surface area contributed by atoms with Crippen LogP contribution in [0.15, 0.2) is 65.0 Å². The van der Waals surface area contributed by atoms with Gasteiger partial charge in [-0.15, -0.1) is 0 Å². The molecule has 0 saturated carbocycles. The van der Waals surface area contributed by atoms with Crippen molar-refractivity contribution in [1.82, 2.24) is 15.4 Å². The van der Waals surface area contributed by atoms with E-state index in [0.29, 0.717) is 0 Å². The summed E-state index contributed by atoms with van der Waals surface area (Å²) < 4.78 is 0. The predicted octanol–water partition coefficient (Wildman–Crippen LogP) is 3.18. The number of hydrogen-bond donors (Lipinski definition) is 1. The summed E-state index contributed by atoms with van der Waals surface area (Å²) in [6.07, 6.45) is 4.92. The van der Waals surface area contributed by atoms with Crippen LogP contribution >= 0.6 is 11.8 Å². The third-order valence-electron chi connectivity index (χ3n) is 3.34. The van der Waals surface area contributed by atoms with Crippen LogP contribution in [-0.4, -0.2) is 27.8 Å². The van der Waals surface area contributed by atoms with E-state index in [4.69, 9.17) is 0 Å². The van der Waals surface area contributed by atoms with Crippen molar-refractivity contribution in [3.8, 4) is 0 Å². The third kappa shape index (κ3) is 4.17. The van der Waals surface area contributed by atoms with Crippen molar-refractivity contribution < 1.29 is 4.79 Å². The molecule has 0 bridgehead atoms. The largest absolute Gasteiger partial charge is 0.272 e. The van der Waals surface area contributed by atoms with Crippen LogP contribution in [0, 0.1) is 6.92 Å². The molecule has 1 amide bonds. The summed E-state index contributed by atoms with van der Waals surface area (Å²) in [5, 5.41) is 5.89. The maximum atomic E-state index is 11.9. The van der Waals surface area contributed by atoms with E-state index >= 15 is 0 Å². The highest BCUT2D eigenvalue weighted by molar-refractivity contribution is 7.99. The first kappa shape index (κ1) is 16.1. The van der Waals surface area contributed by atoms with Gasteiger partial charge in [-0.2, -0.15) is 5.10 Å². The van der Waals surface area contributed by atoms with Gasteiger partial charge < -0.3 is 0 Å². The van der Waals surface area contributed by atoms with Crippen LogP contribution < -0.4 is 5.43 Å². The predicted molar refractivity (Wildman–Crippen MR) is 97.2 cm³/mol. The first-order valence-electron chi connectivity index (χ1n) is 7.43. The number of aromatic nitrogens is 2. The summed E-state index contributed by atoms with van der Waals surface area (Å²) in [5.74, 6) is 0.0857. The molecule has 120 valence electrons. The monoisotopic (exact) mass is 336 g/mol. The van der Waals surface area contributed by atoms with Gasteiger partial charge in [-0.05, 0) is 30.7 Å². The first-order chi connectivity index (χ1) is 11.7. The average molecular weight is 336 g/mol. The molecule has 24 heavy (non-hydrogen) atoms. The van der Waals surface area contributed by atoms with Crippen LogP contribution in [-0.2, 0) is 4.79 Å². The van der Waals surface area contributed by atoms with E-state index in [-0.39, 0.29) is 11.7 Å². The van der Waals surface area contributed by atoms with Gasteiger partial charge in [0.05, 0.1) is 22.5 Å². The number of aryl methyl sites for hydroxylation is 1. The van der Waals surface area contributed by atoms with E-state index in [9.17, 15) is 4.79 Å². The van der Waals surface area contributed by atoms with Gasteiger partial charge in [-0.1, -0.05) is 36.0 Å². The number of pyridine rings is 2. The lowest BCUT2D eigenvalue weighted by molar-refractivity contribution is -0.118. The highest BCUT2D eigenvalue weighted by atomic mass is 32.2. The average Bonchev–Trinajstić information content (AvgIpc) is 2.61. The quantitative estimate of drug-likeness (QED) is 0.441. The molecule has 3 aromatic rings. The molecule has 6 heteroatoms. The molecule has 2 heterocycles. The zero-order valence-electron chi connectivity index (χ0n) is 13.1. The Morgan fingerprint density at radius 1 is 1.29 bits per heavy atom. The minimum absolute atomic E-state index is 0.173. The Morgan fingerprint density at radius 3 is 3.00 bits per heavy atom. The minimum atomic E-state index is -0.173. The van der Waals surface area contributed by atoms with E-state index in [1.165, 1.54) is 11.8 Å². The van der Waals surface area contributed by atoms with Crippen molar-refractivity contribution in [3.63, 3.8) is 0 Å². The molecule has 5 nitrogen and oxygen atoms in total. The number of hydrogen-bond acceptors (Lipinski definition) is 5. The van der Waals surface area contributed by atoms with Crippen LogP contribution in [0.25, 0.3) is 10.9 Å². The Morgan fingerprint density at radius 2 is 2.17 bits per heavy atom. The summed E-state index contributed by atoms with van der Waals surface area (Å²) in [5.41, 5.74) is 5.43. The number of rotatable bonds is 5. The second kappa shape index (κ2) is 7.70. The van der Waals surface area contributed by atoms with E-state index in [2.05, 4.69) is 20.5 Å². The maximum absolute atomic E-state index is 11.9. The lowest BCUT2D eigenvalue weighted by Gasteiger charge is -2.05. The van der Waals surface area contributed by atoms with Crippen molar-refractivity contribution in [2.24, 2.45) is 5.10 Å². The smallest absolute Gasteiger partial charge is 0.250 e. The number of carbonyl (C=O) groups excluding carboxylic acids is 1. The van der Waals surface area contributed by atoms with Gasteiger partial charge >= 0.3 is 0 Å². The van der Waals surface area contributed by atoms with Crippen LogP contribution in [0.3, 0.4) is 0 Å². The fourth-order valence-electron chi connectivity index (χ4n) is 2.20. The molecule has 0 spiro atoms. The standard InChI is InChI=1S/C18H16N4OS/c1-13-9-18(21-16-7-3-2-6-15(13)16)24-12-17(23)22-20-11-14-5-4-8-19-10-14/h2-11H,12H2,1H3,(H,22,23). The summed E-state index contributed by atoms with van der Waals surface area (Å²) in [6, 6.07) is 13.7. The van der Waals surface area contributed by atoms with Crippen molar-refractivity contribution in [1.29, 1.82) is 0 Å². The molecule has 0 unspecified atom stereocenters. The van der Waals surface area contributed by atoms with Crippen LogP contribution in [0.1, 0.15) is 11.1 Å². The van der Waals surface area contributed by atoms with Gasteiger partial charge in [0, 0.05) is 23.3 Å². The van der Waals surface area contributed by atoms with Crippen LogP contribution in [0.5, 0.6) is 0 Å². The number of nitrogens with zero attached hydrogens (tertiary/aromatic N) is 3. The van der Waals surface area contributed by atoms with Gasteiger partial charge in [-0.25, -0.2) is 10.4 Å². The zero-order valence-corrected chi connectivity index (χ0v) is 14.0. The van der Waals surface area contributed by atoms with E-state index in [1.807, 2.05) is 49.4 Å². The SMILES string of the molecule is Cc1cc(SCC(=O)NN=Cc2cccnc2)nc2ccccc12. The van der Waals surface area contributed by atoms with Crippen LogP contribution in [0.4, 0.5) is 0 Å². The summed E-state index contributed by atoms with van der Waals surface area (Å²) in [6.45, 7) is 2.05. The van der Waals surface area contributed by atoms with Crippen molar-refractivity contribution in [2.45, 2.75) is 11.9 Å². The molecule has 0 aliphatic carbocycles. The second-order valence-electron chi connectivity index (χ2n) is 5.16. The number of fused-ring (bicyclic) bond motifs is 1. The van der Waals surface area contributed by atoms with E-state index < -0.39 is 0 Å². The van der Waals surface area contributed by atoms with Gasteiger partial charge in [-0.3, -0.25) is 9.78 Å². The molecular formula is C18H16N4OS. The van der Waals surface area contributed by atoms with Crippen molar-refractivity contribution >= 4 is 34.8 Å². The highest BCUT2D eigenvalue weighted by Crippen LogP contribution is 2.23. The van der Waals surface area contributed by atoms with E-state index in [0.717, 1.165) is 27.1 Å². The number of benzene rings is 1. The molecule has 0 atom stereocenters. The molecule has 1 N–H and O–H groups in total. The first-order valence-corrected chi connectivity index (χ1v) is 8.42. The molecule has 2 aromatic heterocycles. The number of hydrazone groups is 1. The topological polar surface area (TPSA) is 67.2 Å². The fourth-order valence-corrected chi connectivity index (χ4v) is 2.96. The number of para-hydroxylation sites is 1. The minimum Gasteiger partial charge on any atom is -0.272 e. The highest BCUT2D eigenvalue weighted by Gasteiger charge is 2.06. The normalized spacial score (nSPS) is 11.0. The Hall–Kier alpha value is -2.73. The van der Waals surface area contributed by atoms with Gasteiger partial charge in [0.25, 0.3) is 0 Å². The Kier molecular flexibility index (Phi) is 5.18. The molecule has 1 aromatic carbocycles. The summed E-state index contributed by atoms with van der Waals surface area (Å²) >= 11 is 1.39. The molecule has 0 fully saturated rings. The number of carbonyl (C=O) groups is 1. The van der Waals surface area contributed by atoms with Crippen LogP contribution in [0.2, 0.25) is 0 Å². The molecule has 0 aliphatic rings. The summed E-state index contributed by atoms with van der Waals surface area (Å²) in [4.78, 5) is 20.4. The van der Waals surface area contributed by atoms with Gasteiger partial charge in [0.1, 0.15) is 0 Å². The van der Waals surface area contributed by atoms with Gasteiger partial charge in [0.2, 0.25) is 5.91 Å². The summed E-state index contributed by atoms with van der Waals surface area (Å²) in [7, 11) is 0. The molecular weight excluding hydrogens is 320 g/mol. The maximum Gasteiger partial charge on any atom is 0.250 e. The Bertz CT molecular complexity index is 881.